The molecule has 0 spiro atoms. The molecule has 4 N–H and O–H groups in total. The van der Waals surface area contributed by atoms with Gasteiger partial charge in [0.05, 0.1) is 123 Å². The van der Waals surface area contributed by atoms with Crippen molar-refractivity contribution in [3.05, 3.63) is 259 Å². The fraction of sp³-hybridized carbons (Fsp3) is 0.0725. The fourth-order valence-corrected chi connectivity index (χ4v) is 10.4. The number of aromatic nitrogens is 7. The standard InChI is InChI=1S/C24H18Cl2N4O2.C23H15Cl2N3O3.C22H15ClF3N5/c1-30(2)24(32)14-7-9-16(19(26)11-14)23(31)28-15-8-10-18(25)17(12-15)22-13-27-20-5-3-4-6-21(20)29-22;1-31-23(30)13-6-8-15(18(25)10-13)22(29)27-14-7-9-17(24)16(11-14)21-12-26-19-4-2-3-5-20(19)28-21;1-12-14(7-9-20(29-12)22(24,25)26)21(27)30-13-6-8-16(23)15(10-13)19-11-28-17-4-2-3-5-18(17)31-19/h3-13H,1-2H3,(H,28,31);2-12H,1H3,(H,27,29);2-11H,1H3,(H2,27,30). The van der Waals surface area contributed by atoms with E-state index in [-0.39, 0.29) is 44.2 Å². The molecule has 12 aromatic rings. The number of carbonyl (C=O) groups is 4. The highest BCUT2D eigenvalue weighted by molar-refractivity contribution is 6.36. The van der Waals surface area contributed by atoms with Gasteiger partial charge in [-0.25, -0.2) is 29.7 Å². The average molecular weight is 1360 g/mol. The number of carbonyl (C=O) groups excluding carboxylic acids is 4. The summed E-state index contributed by atoms with van der Waals surface area (Å²) in [4.78, 5) is 85.7. The van der Waals surface area contributed by atoms with E-state index in [1.54, 1.807) is 93.3 Å². The monoisotopic (exact) mass is 1360 g/mol. The number of fused-ring (bicyclic) bond motifs is 3. The van der Waals surface area contributed by atoms with Crippen LogP contribution in [-0.4, -0.2) is 90.5 Å². The Hall–Kier alpha value is -10.5. The van der Waals surface area contributed by atoms with E-state index in [4.69, 9.17) is 63.7 Å². The number of amidine groups is 1. The molecule has 4 aromatic heterocycles. The summed E-state index contributed by atoms with van der Waals surface area (Å²) in [6.07, 6.45) is 0.371. The second-order valence-electron chi connectivity index (χ2n) is 20.6. The fourth-order valence-electron chi connectivity index (χ4n) is 9.26. The molecule has 0 aliphatic heterocycles. The van der Waals surface area contributed by atoms with E-state index in [1.807, 2.05) is 72.8 Å². The molecule has 0 fully saturated rings. The number of nitrogens with one attached hydrogen (secondary N) is 2. The van der Waals surface area contributed by atoms with Gasteiger partial charge >= 0.3 is 12.1 Å². The molecule has 17 nitrogen and oxygen atoms in total. The van der Waals surface area contributed by atoms with Crippen LogP contribution in [0, 0.1) is 6.92 Å². The Morgan fingerprint density at radius 3 is 1.31 bits per heavy atom. The minimum atomic E-state index is -4.53. The molecule has 0 saturated carbocycles. The number of hydrogen-bond acceptors (Lipinski definition) is 13. The summed E-state index contributed by atoms with van der Waals surface area (Å²) in [5, 5.41) is 7.34. The predicted molar refractivity (Wildman–Crippen MR) is 362 cm³/mol. The lowest BCUT2D eigenvalue weighted by Crippen LogP contribution is -2.22. The summed E-state index contributed by atoms with van der Waals surface area (Å²) in [5.74, 6) is -1.53. The van der Waals surface area contributed by atoms with Crippen LogP contribution in [0.15, 0.2) is 200 Å². The third kappa shape index (κ3) is 15.7. The number of alkyl halides is 3. The number of esters is 1. The predicted octanol–water partition coefficient (Wildman–Crippen LogP) is 16.9. The van der Waals surface area contributed by atoms with Gasteiger partial charge in [0.1, 0.15) is 11.5 Å². The van der Waals surface area contributed by atoms with Crippen LogP contribution in [-0.2, 0) is 10.9 Å². The number of halogens is 8. The first kappa shape index (κ1) is 66.4. The zero-order valence-corrected chi connectivity index (χ0v) is 53.4. The van der Waals surface area contributed by atoms with Gasteiger partial charge in [-0.3, -0.25) is 29.3 Å². The second-order valence-corrected chi connectivity index (χ2v) is 22.6. The summed E-state index contributed by atoms with van der Waals surface area (Å²) in [7, 11) is 4.57. The number of methoxy groups -OCH3 is 1. The highest BCUT2D eigenvalue weighted by atomic mass is 35.5. The summed E-state index contributed by atoms with van der Waals surface area (Å²) in [5.41, 5.74) is 16.3. The maximum absolute atomic E-state index is 12.8. The Bertz CT molecular complexity index is 4980. The highest BCUT2D eigenvalue weighted by Gasteiger charge is 2.33. The molecule has 94 heavy (non-hydrogen) atoms. The van der Waals surface area contributed by atoms with Crippen LogP contribution in [0.5, 0.6) is 0 Å². The van der Waals surface area contributed by atoms with Crippen LogP contribution in [0.4, 0.5) is 30.2 Å². The second kappa shape index (κ2) is 29.0. The Morgan fingerprint density at radius 1 is 0.489 bits per heavy atom. The molecule has 0 aliphatic rings. The van der Waals surface area contributed by atoms with Crippen LogP contribution < -0.4 is 16.4 Å². The van der Waals surface area contributed by atoms with Crippen molar-refractivity contribution in [3.63, 3.8) is 0 Å². The smallest absolute Gasteiger partial charge is 0.433 e. The molecule has 25 heteroatoms. The minimum absolute atomic E-state index is 0.0385. The van der Waals surface area contributed by atoms with Crippen LogP contribution in [0.1, 0.15) is 58.4 Å². The number of rotatable bonds is 11. The summed E-state index contributed by atoms with van der Waals surface area (Å²) in [6, 6.07) is 48.7. The SMILES string of the molecule is CN(C)C(=O)c1ccc(C(=O)Nc2ccc(Cl)c(-c3cnc4ccccc4n3)c2)c(Cl)c1.COC(=O)c1ccc(C(=O)Nc2ccc(Cl)c(-c3cnc4ccccc4n3)c2)c(Cl)c1.Cc1nc(C(F)(F)F)ccc1C(N)=Nc1ccc(Cl)c(-c2cnc3ccccc3n2)c1. The number of pyridine rings is 1. The number of ether oxygens (including phenoxy) is 1. The normalized spacial score (nSPS) is 11.3. The van der Waals surface area contributed by atoms with Crippen molar-refractivity contribution in [2.75, 3.05) is 31.8 Å². The van der Waals surface area contributed by atoms with Crippen LogP contribution in [0.2, 0.25) is 25.1 Å². The van der Waals surface area contributed by atoms with Gasteiger partial charge in [-0.2, -0.15) is 13.2 Å². The lowest BCUT2D eigenvalue weighted by atomic mass is 10.1. The van der Waals surface area contributed by atoms with Gasteiger partial charge in [-0.15, -0.1) is 0 Å². The number of nitrogens with zero attached hydrogens (tertiary/aromatic N) is 9. The number of aliphatic imine (C=N–C) groups is 1. The number of amides is 3. The van der Waals surface area contributed by atoms with Crippen molar-refractivity contribution in [2.45, 2.75) is 13.1 Å². The molecule has 0 atom stereocenters. The molecule has 0 aliphatic carbocycles. The molecular formula is C69H48Cl5F3N12O5. The zero-order valence-electron chi connectivity index (χ0n) is 49.6. The van der Waals surface area contributed by atoms with Gasteiger partial charge in [0, 0.05) is 59.0 Å². The Morgan fingerprint density at radius 2 is 0.894 bits per heavy atom. The maximum atomic E-state index is 12.8. The van der Waals surface area contributed by atoms with E-state index in [2.05, 4.69) is 55.3 Å². The highest BCUT2D eigenvalue weighted by Crippen LogP contribution is 2.35. The number of nitrogens with two attached hydrogens (primary N) is 1. The summed E-state index contributed by atoms with van der Waals surface area (Å²) in [6.45, 7) is 1.45. The van der Waals surface area contributed by atoms with Gasteiger partial charge in [0.2, 0.25) is 0 Å². The Balaban J connectivity index is 0.000000154. The van der Waals surface area contributed by atoms with Crippen LogP contribution >= 0.6 is 58.0 Å². The molecule has 0 bridgehead atoms. The van der Waals surface area contributed by atoms with E-state index >= 15 is 0 Å². The Labute approximate surface area is 559 Å². The van der Waals surface area contributed by atoms with Crippen LogP contribution in [0.25, 0.3) is 66.9 Å². The lowest BCUT2D eigenvalue weighted by molar-refractivity contribution is -0.141. The number of benzene rings is 8. The Kier molecular flexibility index (Phi) is 20.5. The minimum Gasteiger partial charge on any atom is -0.465 e. The molecule has 12 rings (SSSR count). The molecule has 0 unspecified atom stereocenters. The van der Waals surface area contributed by atoms with Crippen molar-refractivity contribution in [3.8, 4) is 33.8 Å². The number of para-hydroxylation sites is 6. The summed E-state index contributed by atoms with van der Waals surface area (Å²) >= 11 is 31.6. The van der Waals surface area contributed by atoms with Crippen molar-refractivity contribution in [2.24, 2.45) is 10.7 Å². The quantitative estimate of drug-likeness (QED) is 0.0622. The maximum Gasteiger partial charge on any atom is 0.433 e. The van der Waals surface area contributed by atoms with Gasteiger partial charge in [0.15, 0.2) is 0 Å². The molecule has 0 saturated heterocycles. The van der Waals surface area contributed by atoms with E-state index in [9.17, 15) is 32.3 Å². The molecule has 4 heterocycles. The first-order chi connectivity index (χ1) is 45.0. The van der Waals surface area contributed by atoms with Crippen molar-refractivity contribution in [1.82, 2.24) is 39.8 Å². The van der Waals surface area contributed by atoms with Gasteiger partial charge in [-0.05, 0) is 146 Å². The third-order valence-corrected chi connectivity index (χ3v) is 15.6. The third-order valence-electron chi connectivity index (χ3n) is 14.0. The van der Waals surface area contributed by atoms with E-state index in [0.717, 1.165) is 39.2 Å². The molecular weight excluding hydrogens is 1310 g/mol. The number of hydrogen-bond donors (Lipinski definition) is 3. The topological polar surface area (TPSA) is 233 Å². The van der Waals surface area contributed by atoms with Crippen molar-refractivity contribution >= 4 is 138 Å². The van der Waals surface area contributed by atoms with Crippen molar-refractivity contribution in [1.29, 1.82) is 0 Å². The first-order valence-corrected chi connectivity index (χ1v) is 29.9. The number of aryl methyl sites for hydroxylation is 1. The summed E-state index contributed by atoms with van der Waals surface area (Å²) < 4.78 is 43.2. The van der Waals surface area contributed by atoms with Crippen LogP contribution in [0.3, 0.4) is 0 Å². The van der Waals surface area contributed by atoms with E-state index in [1.165, 1.54) is 55.3 Å². The average Bonchev–Trinajstić information content (AvgIpc) is 1.00. The van der Waals surface area contributed by atoms with Crippen molar-refractivity contribution < 1.29 is 37.1 Å². The van der Waals surface area contributed by atoms with Gasteiger partial charge in [0.25, 0.3) is 17.7 Å². The molecule has 3 amide bonds. The molecule has 470 valence electrons. The molecule has 8 aromatic carbocycles. The zero-order chi connectivity index (χ0) is 67.0. The van der Waals surface area contributed by atoms with Gasteiger partial charge in [-0.1, -0.05) is 94.4 Å². The lowest BCUT2D eigenvalue weighted by Gasteiger charge is -2.13. The largest absolute Gasteiger partial charge is 0.465 e. The van der Waals surface area contributed by atoms with E-state index in [0.29, 0.717) is 77.0 Å². The number of anilines is 2. The van der Waals surface area contributed by atoms with Gasteiger partial charge < -0.3 is 26.0 Å². The van der Waals surface area contributed by atoms with E-state index < -0.39 is 29.7 Å². The molecule has 0 radical (unpaired) electrons. The first-order valence-electron chi connectivity index (χ1n) is 28.0.